The van der Waals surface area contributed by atoms with Gasteiger partial charge in [-0.2, -0.15) is 0 Å². The van der Waals surface area contributed by atoms with Gasteiger partial charge >= 0.3 is 0 Å². The highest BCUT2D eigenvalue weighted by Crippen LogP contribution is 2.18. The first-order chi connectivity index (χ1) is 8.29. The van der Waals surface area contributed by atoms with Gasteiger partial charge in [0.2, 0.25) is 0 Å². The van der Waals surface area contributed by atoms with Gasteiger partial charge in [-0.25, -0.2) is 0 Å². The molecule has 2 rings (SSSR count). The molecule has 0 aromatic heterocycles. The predicted molar refractivity (Wildman–Crippen MR) is 65.7 cm³/mol. The summed E-state index contributed by atoms with van der Waals surface area (Å²) >= 11 is 0. The van der Waals surface area contributed by atoms with E-state index < -0.39 is 0 Å². The summed E-state index contributed by atoms with van der Waals surface area (Å²) in [6.45, 7) is 1.12. The Labute approximate surface area is 101 Å². The number of nitrogens with one attached hydrogen (secondary N) is 1. The molecule has 1 heterocycles. The fourth-order valence-electron chi connectivity index (χ4n) is 2.00. The molecule has 1 saturated heterocycles. The van der Waals surface area contributed by atoms with E-state index in [-0.39, 0.29) is 18.1 Å². The maximum absolute atomic E-state index is 11.8. The first-order valence-electron chi connectivity index (χ1n) is 5.98. The third-order valence-electron chi connectivity index (χ3n) is 2.98. The highest BCUT2D eigenvalue weighted by Gasteiger charge is 2.24. The maximum Gasteiger partial charge on any atom is 0.251 e. The van der Waals surface area contributed by atoms with Crippen molar-refractivity contribution < 1.29 is 9.53 Å². The summed E-state index contributed by atoms with van der Waals surface area (Å²) in [5.41, 5.74) is 6.21. The second-order valence-corrected chi connectivity index (χ2v) is 4.27. The molecular formula is C13H18N2O2. The van der Waals surface area contributed by atoms with Crippen LogP contribution in [0.4, 0.5) is 0 Å². The second kappa shape index (κ2) is 5.80. The van der Waals surface area contributed by atoms with Gasteiger partial charge in [0.15, 0.2) is 0 Å². The topological polar surface area (TPSA) is 64.3 Å². The lowest BCUT2D eigenvalue weighted by Gasteiger charge is -2.13. The van der Waals surface area contributed by atoms with Crippen molar-refractivity contribution in [3.8, 4) is 0 Å². The normalized spacial score (nSPS) is 23.6. The zero-order valence-electron chi connectivity index (χ0n) is 9.76. The van der Waals surface area contributed by atoms with Crippen LogP contribution in [0.15, 0.2) is 30.3 Å². The summed E-state index contributed by atoms with van der Waals surface area (Å²) in [6, 6.07) is 9.20. The molecule has 1 aromatic rings. The van der Waals surface area contributed by atoms with Gasteiger partial charge in [-0.3, -0.25) is 4.79 Å². The average Bonchev–Trinajstić information content (AvgIpc) is 2.85. The summed E-state index contributed by atoms with van der Waals surface area (Å²) in [5, 5.41) is 2.88. The lowest BCUT2D eigenvalue weighted by atomic mass is 10.2. The van der Waals surface area contributed by atoms with Gasteiger partial charge in [0.25, 0.3) is 5.91 Å². The van der Waals surface area contributed by atoms with E-state index in [9.17, 15) is 4.79 Å². The van der Waals surface area contributed by atoms with E-state index in [1.807, 2.05) is 18.2 Å². The molecule has 1 amide bonds. The maximum atomic E-state index is 11.8. The molecule has 0 bridgehead atoms. The van der Waals surface area contributed by atoms with Crippen LogP contribution in [0.2, 0.25) is 0 Å². The fraction of sp³-hybridized carbons (Fsp3) is 0.462. The van der Waals surface area contributed by atoms with Crippen molar-refractivity contribution in [2.75, 3.05) is 13.1 Å². The van der Waals surface area contributed by atoms with Gasteiger partial charge < -0.3 is 15.8 Å². The van der Waals surface area contributed by atoms with Crippen LogP contribution in [-0.4, -0.2) is 31.2 Å². The van der Waals surface area contributed by atoms with Crippen molar-refractivity contribution in [1.82, 2.24) is 5.32 Å². The van der Waals surface area contributed by atoms with Crippen molar-refractivity contribution in [3.63, 3.8) is 0 Å². The molecule has 4 heteroatoms. The standard InChI is InChI=1S/C13H18N2O2/c14-8-11-6-7-12(17-11)9-15-13(16)10-4-2-1-3-5-10/h1-5,11-12H,6-9,14H2,(H,15,16). The number of benzene rings is 1. The highest BCUT2D eigenvalue weighted by atomic mass is 16.5. The number of carbonyl (C=O) groups is 1. The van der Waals surface area contributed by atoms with Crippen LogP contribution in [0.5, 0.6) is 0 Å². The molecule has 17 heavy (non-hydrogen) atoms. The molecule has 1 aromatic carbocycles. The van der Waals surface area contributed by atoms with E-state index in [0.29, 0.717) is 18.7 Å². The minimum Gasteiger partial charge on any atom is -0.372 e. The number of nitrogens with two attached hydrogens (primary N) is 1. The monoisotopic (exact) mass is 234 g/mol. The van der Waals surface area contributed by atoms with Gasteiger partial charge in [-0.05, 0) is 25.0 Å². The Kier molecular flexibility index (Phi) is 4.12. The van der Waals surface area contributed by atoms with Gasteiger partial charge in [0.05, 0.1) is 12.2 Å². The zero-order valence-corrected chi connectivity index (χ0v) is 9.76. The number of amides is 1. The molecule has 2 unspecified atom stereocenters. The van der Waals surface area contributed by atoms with E-state index >= 15 is 0 Å². The van der Waals surface area contributed by atoms with Crippen LogP contribution < -0.4 is 11.1 Å². The average molecular weight is 234 g/mol. The Bertz CT molecular complexity index is 367. The lowest BCUT2D eigenvalue weighted by Crippen LogP contribution is -2.33. The molecule has 1 fully saturated rings. The Morgan fingerprint density at radius 1 is 1.29 bits per heavy atom. The Balaban J connectivity index is 1.78. The third kappa shape index (κ3) is 3.28. The summed E-state index contributed by atoms with van der Waals surface area (Å²) in [7, 11) is 0. The Hall–Kier alpha value is -1.39. The number of hydrogen-bond donors (Lipinski definition) is 2. The minimum absolute atomic E-state index is 0.0506. The summed E-state index contributed by atoms with van der Waals surface area (Å²) < 4.78 is 5.66. The molecule has 0 aliphatic carbocycles. The first-order valence-corrected chi connectivity index (χ1v) is 5.98. The van der Waals surface area contributed by atoms with Crippen LogP contribution in [0.1, 0.15) is 23.2 Å². The lowest BCUT2D eigenvalue weighted by molar-refractivity contribution is 0.0487. The zero-order chi connectivity index (χ0) is 12.1. The molecular weight excluding hydrogens is 216 g/mol. The third-order valence-corrected chi connectivity index (χ3v) is 2.98. The van der Waals surface area contributed by atoms with Gasteiger partial charge in [0, 0.05) is 18.7 Å². The minimum atomic E-state index is -0.0506. The van der Waals surface area contributed by atoms with Crippen molar-refractivity contribution in [1.29, 1.82) is 0 Å². The van der Waals surface area contributed by atoms with Crippen LogP contribution >= 0.6 is 0 Å². The van der Waals surface area contributed by atoms with E-state index in [2.05, 4.69) is 5.32 Å². The second-order valence-electron chi connectivity index (χ2n) is 4.27. The highest BCUT2D eigenvalue weighted by molar-refractivity contribution is 5.94. The van der Waals surface area contributed by atoms with Crippen molar-refractivity contribution in [3.05, 3.63) is 35.9 Å². The molecule has 1 aliphatic rings. The largest absolute Gasteiger partial charge is 0.372 e. The molecule has 92 valence electrons. The van der Waals surface area contributed by atoms with E-state index in [4.69, 9.17) is 10.5 Å². The molecule has 2 atom stereocenters. The molecule has 0 spiro atoms. The first kappa shape index (κ1) is 12.1. The molecule has 1 aliphatic heterocycles. The van der Waals surface area contributed by atoms with Gasteiger partial charge in [-0.15, -0.1) is 0 Å². The number of rotatable bonds is 4. The van der Waals surface area contributed by atoms with E-state index in [1.165, 1.54) is 0 Å². The van der Waals surface area contributed by atoms with Crippen LogP contribution in [-0.2, 0) is 4.74 Å². The smallest absolute Gasteiger partial charge is 0.251 e. The van der Waals surface area contributed by atoms with Crippen LogP contribution in [0, 0.1) is 0 Å². The van der Waals surface area contributed by atoms with E-state index in [0.717, 1.165) is 12.8 Å². The van der Waals surface area contributed by atoms with Crippen molar-refractivity contribution in [2.24, 2.45) is 5.73 Å². The van der Waals surface area contributed by atoms with Crippen molar-refractivity contribution >= 4 is 5.91 Å². The van der Waals surface area contributed by atoms with Crippen LogP contribution in [0.25, 0.3) is 0 Å². The number of carbonyl (C=O) groups excluding carboxylic acids is 1. The van der Waals surface area contributed by atoms with E-state index in [1.54, 1.807) is 12.1 Å². The molecule has 0 radical (unpaired) electrons. The SMILES string of the molecule is NCC1CCC(CNC(=O)c2ccccc2)O1. The van der Waals surface area contributed by atoms with Crippen LogP contribution in [0.3, 0.4) is 0 Å². The predicted octanol–water partition coefficient (Wildman–Crippen LogP) is 0.923. The van der Waals surface area contributed by atoms with Crippen molar-refractivity contribution in [2.45, 2.75) is 25.0 Å². The summed E-state index contributed by atoms with van der Waals surface area (Å²) in [4.78, 5) is 11.8. The summed E-state index contributed by atoms with van der Waals surface area (Å²) in [5.74, 6) is -0.0506. The Morgan fingerprint density at radius 3 is 2.65 bits per heavy atom. The number of ether oxygens (including phenoxy) is 1. The molecule has 4 nitrogen and oxygen atoms in total. The van der Waals surface area contributed by atoms with Gasteiger partial charge in [0.1, 0.15) is 0 Å². The Morgan fingerprint density at radius 2 is 2.00 bits per heavy atom. The van der Waals surface area contributed by atoms with Gasteiger partial charge in [-0.1, -0.05) is 18.2 Å². The fourth-order valence-corrected chi connectivity index (χ4v) is 2.00. The quantitative estimate of drug-likeness (QED) is 0.814. The number of hydrogen-bond acceptors (Lipinski definition) is 3. The summed E-state index contributed by atoms with van der Waals surface area (Å²) in [6.07, 6.45) is 2.23. The molecule has 3 N–H and O–H groups in total. The molecule has 0 saturated carbocycles.